The van der Waals surface area contributed by atoms with Crippen molar-refractivity contribution >= 4 is 81.7 Å². The van der Waals surface area contributed by atoms with Gasteiger partial charge in [-0.2, -0.15) is 0 Å². The lowest BCUT2D eigenvalue weighted by atomic mass is 9.77. The fourth-order valence-electron chi connectivity index (χ4n) is 9.91. The van der Waals surface area contributed by atoms with Gasteiger partial charge in [0.1, 0.15) is 35.0 Å². The number of amides is 2. The average Bonchev–Trinajstić information content (AvgIpc) is 4.29. The summed E-state index contributed by atoms with van der Waals surface area (Å²) in [4.78, 5) is 58.6. The number of hydrogen-bond acceptors (Lipinski definition) is 14. The number of aromatic nitrogens is 1. The molecule has 2 amide bonds. The van der Waals surface area contributed by atoms with Gasteiger partial charge >= 0.3 is 5.97 Å². The lowest BCUT2D eigenvalue weighted by molar-refractivity contribution is -0.153. The summed E-state index contributed by atoms with van der Waals surface area (Å²) < 4.78 is 12.1. The maximum atomic E-state index is 15.7. The Kier molecular flexibility index (Phi) is 16.4. The van der Waals surface area contributed by atoms with E-state index in [1.54, 1.807) is 24.8 Å². The predicted octanol–water partition coefficient (Wildman–Crippen LogP) is 12.0. The quantitative estimate of drug-likeness (QED) is 0.0188. The monoisotopic (exact) mass is 1140 g/mol. The standard InChI is InChI=1S/C62H51ClN6O6S4/c1-73-49-34-32-42(33-35-49)37-74-59(72)55-52(79-60-50(36-63)64-40-78-60)39-77-58-54(57(71)69(55)58)65-56(70)53(66-75-62(46-26-14-5-15-27-46,47-28-16-6-17-29-47)48-30-18-7-19-31-48)51-38-76-41-68(51)67-61(43-20-8-2-9-21-43,44-22-10-3-11-23-44)45-24-12-4-13-25-45/h2-35,38,40,54,58,67H,36-37,39,41H2,1H3,(H,65,70)/t54-,58+/m1/s1. The van der Waals surface area contributed by atoms with Crippen LogP contribution in [0.5, 0.6) is 5.75 Å². The van der Waals surface area contributed by atoms with Crippen LogP contribution in [0.4, 0.5) is 0 Å². The molecule has 1 saturated heterocycles. The van der Waals surface area contributed by atoms with Crippen LogP contribution in [0.25, 0.3) is 0 Å². The molecule has 2 N–H and O–H groups in total. The van der Waals surface area contributed by atoms with Gasteiger partial charge in [-0.1, -0.05) is 211 Å². The molecule has 0 bridgehead atoms. The molecule has 1 fully saturated rings. The van der Waals surface area contributed by atoms with Crippen molar-refractivity contribution in [2.24, 2.45) is 5.16 Å². The lowest BCUT2D eigenvalue weighted by Crippen LogP contribution is -2.71. The minimum Gasteiger partial charge on any atom is -0.497 e. The Morgan fingerprint density at radius 3 is 1.76 bits per heavy atom. The number of thiazole rings is 1. The number of benzene rings is 7. The molecule has 0 spiro atoms. The number of nitrogens with zero attached hydrogens (tertiary/aromatic N) is 4. The van der Waals surface area contributed by atoms with Crippen molar-refractivity contribution < 1.29 is 28.7 Å². The fourth-order valence-corrected chi connectivity index (χ4v) is 14.6. The summed E-state index contributed by atoms with van der Waals surface area (Å²) in [6.07, 6.45) is 0. The molecule has 0 saturated carbocycles. The van der Waals surface area contributed by atoms with Crippen molar-refractivity contribution in [1.82, 2.24) is 25.6 Å². The smallest absolute Gasteiger partial charge is 0.356 e. The first-order valence-electron chi connectivity index (χ1n) is 25.2. The zero-order valence-electron chi connectivity index (χ0n) is 42.5. The molecule has 17 heteroatoms. The number of methoxy groups -OCH3 is 1. The number of carbonyl (C=O) groups is 3. The molecule has 8 aromatic rings. The van der Waals surface area contributed by atoms with Crippen LogP contribution in [-0.2, 0) is 47.6 Å². The van der Waals surface area contributed by atoms with Gasteiger partial charge in [0.15, 0.2) is 5.71 Å². The molecule has 7 aromatic carbocycles. The van der Waals surface area contributed by atoms with E-state index in [4.69, 9.17) is 31.1 Å². The number of esters is 1. The van der Waals surface area contributed by atoms with Crippen LogP contribution in [0.2, 0.25) is 0 Å². The fraction of sp³-hybridized carbons (Fsp3) is 0.145. The average molecular weight is 1140 g/mol. The second-order valence-electron chi connectivity index (χ2n) is 18.4. The zero-order chi connectivity index (χ0) is 54.2. The van der Waals surface area contributed by atoms with Crippen LogP contribution in [0.3, 0.4) is 0 Å². The molecule has 0 radical (unpaired) electrons. The van der Waals surface area contributed by atoms with Crippen LogP contribution in [-0.4, -0.2) is 68.5 Å². The van der Waals surface area contributed by atoms with Gasteiger partial charge < -0.3 is 19.6 Å². The molecule has 0 aliphatic carbocycles. The second kappa shape index (κ2) is 24.2. The van der Waals surface area contributed by atoms with E-state index in [1.807, 2.05) is 168 Å². The van der Waals surface area contributed by atoms with Crippen LogP contribution in [0, 0.1) is 0 Å². The first-order chi connectivity index (χ1) is 38.8. The van der Waals surface area contributed by atoms with Gasteiger partial charge in [0.05, 0.1) is 40.0 Å². The predicted molar refractivity (Wildman–Crippen MR) is 315 cm³/mol. The minimum absolute atomic E-state index is 0.0498. The number of fused-ring (bicyclic) bond motifs is 1. The molecule has 2 atom stereocenters. The van der Waals surface area contributed by atoms with Crippen molar-refractivity contribution in [3.8, 4) is 5.75 Å². The van der Waals surface area contributed by atoms with Gasteiger partial charge in [0.25, 0.3) is 11.8 Å². The maximum absolute atomic E-state index is 15.7. The normalized spacial score (nSPS) is 16.4. The Labute approximate surface area is 479 Å². The molecule has 0 unspecified atom stereocenters. The van der Waals surface area contributed by atoms with Gasteiger partial charge in [0, 0.05) is 32.8 Å². The molecule has 4 heterocycles. The third kappa shape index (κ3) is 10.7. The number of alkyl halides is 1. The van der Waals surface area contributed by atoms with Gasteiger partial charge in [-0.15, -0.1) is 46.5 Å². The van der Waals surface area contributed by atoms with E-state index in [2.05, 4.69) is 52.1 Å². The number of carbonyl (C=O) groups excluding carboxylic acids is 3. The van der Waals surface area contributed by atoms with E-state index in [0.29, 0.717) is 33.7 Å². The number of β-lactam (4-membered cyclic amide) rings is 1. The topological polar surface area (TPSA) is 135 Å². The number of halogens is 1. The Morgan fingerprint density at radius 1 is 0.734 bits per heavy atom. The Hall–Kier alpha value is -7.57. The number of rotatable bonds is 20. The minimum atomic E-state index is -1.37. The van der Waals surface area contributed by atoms with Crippen LogP contribution in [0.15, 0.2) is 243 Å². The highest BCUT2D eigenvalue weighted by molar-refractivity contribution is 8.07. The summed E-state index contributed by atoms with van der Waals surface area (Å²) in [5.41, 5.74) is 10.2. The van der Waals surface area contributed by atoms with Crippen LogP contribution in [0.1, 0.15) is 44.6 Å². The van der Waals surface area contributed by atoms with Crippen molar-refractivity contribution in [3.05, 3.63) is 278 Å². The van der Waals surface area contributed by atoms with Crippen molar-refractivity contribution in [2.75, 3.05) is 18.7 Å². The molecule has 11 rings (SSSR count). The zero-order valence-corrected chi connectivity index (χ0v) is 46.5. The maximum Gasteiger partial charge on any atom is 0.356 e. The van der Waals surface area contributed by atoms with Crippen LogP contribution >= 0.6 is 58.2 Å². The third-order valence-electron chi connectivity index (χ3n) is 13.8. The van der Waals surface area contributed by atoms with Gasteiger partial charge in [0.2, 0.25) is 5.60 Å². The molecule has 79 heavy (non-hydrogen) atoms. The molecule has 12 nitrogen and oxygen atoms in total. The number of oxime groups is 1. The number of hydrazine groups is 1. The summed E-state index contributed by atoms with van der Waals surface area (Å²) in [6.45, 7) is -0.0498. The SMILES string of the molecule is COc1ccc(COC(=O)C2=C(Sc3scnc3CCl)CS[C@H]3[C@H](NC(=O)C(=NOC(c4ccccc4)(c4ccccc4)c4ccccc4)C4=CSCN4NC(c4ccccc4)(c4ccccc4)c4ccccc4)C(=O)N23)cc1. The van der Waals surface area contributed by atoms with Crippen molar-refractivity contribution in [3.63, 3.8) is 0 Å². The lowest BCUT2D eigenvalue weighted by Gasteiger charge is -2.49. The molecule has 396 valence electrons. The molecule has 3 aliphatic rings. The van der Waals surface area contributed by atoms with E-state index in [-0.39, 0.29) is 23.9 Å². The summed E-state index contributed by atoms with van der Waals surface area (Å²) >= 11 is 12.0. The number of nitrogens with one attached hydrogen (secondary N) is 2. The second-order valence-corrected chi connectivity index (χ2v) is 22.8. The van der Waals surface area contributed by atoms with Gasteiger partial charge in [-0.05, 0) is 34.4 Å². The molecular formula is C62H51ClN6O6S4. The first kappa shape index (κ1) is 53.4. The molecule has 1 aromatic heterocycles. The summed E-state index contributed by atoms with van der Waals surface area (Å²) in [5.74, 6) is -0.307. The Bertz CT molecular complexity index is 3330. The highest BCUT2D eigenvalue weighted by atomic mass is 35.5. The number of ether oxygens (including phenoxy) is 2. The van der Waals surface area contributed by atoms with E-state index in [1.165, 1.54) is 51.5 Å². The number of thioether (sulfide) groups is 3. The van der Waals surface area contributed by atoms with E-state index in [0.717, 1.165) is 43.2 Å². The van der Waals surface area contributed by atoms with E-state index in [9.17, 15) is 9.59 Å². The van der Waals surface area contributed by atoms with E-state index < -0.39 is 40.3 Å². The largest absolute Gasteiger partial charge is 0.497 e. The van der Waals surface area contributed by atoms with Crippen molar-refractivity contribution in [1.29, 1.82) is 0 Å². The summed E-state index contributed by atoms with van der Waals surface area (Å²) in [6, 6.07) is 66.1. The first-order valence-corrected chi connectivity index (χ1v) is 29.6. The van der Waals surface area contributed by atoms with Gasteiger partial charge in [-0.25, -0.2) is 15.2 Å². The summed E-state index contributed by atoms with van der Waals surface area (Å²) in [5, 5.41) is 11.3. The molecular weight excluding hydrogens is 1090 g/mol. The Morgan fingerprint density at radius 2 is 1.25 bits per heavy atom. The van der Waals surface area contributed by atoms with Crippen LogP contribution < -0.4 is 15.5 Å². The number of hydrogen-bond donors (Lipinski definition) is 2. The van der Waals surface area contributed by atoms with Crippen molar-refractivity contribution in [2.45, 2.75) is 39.3 Å². The summed E-state index contributed by atoms with van der Waals surface area (Å²) in [7, 11) is 1.58. The highest BCUT2D eigenvalue weighted by Gasteiger charge is 2.55. The Balaban J connectivity index is 0.991. The van der Waals surface area contributed by atoms with Gasteiger partial charge in [-0.3, -0.25) is 19.5 Å². The highest BCUT2D eigenvalue weighted by Crippen LogP contribution is 2.48. The van der Waals surface area contributed by atoms with E-state index >= 15 is 4.79 Å². The third-order valence-corrected chi connectivity index (χ3v) is 18.5. The molecule has 3 aliphatic heterocycles.